The zero-order valence-corrected chi connectivity index (χ0v) is 17.2. The van der Waals surface area contributed by atoms with Gasteiger partial charge in [0.15, 0.2) is 0 Å². The Hall–Kier alpha value is -1.77. The quantitative estimate of drug-likeness (QED) is 0.577. The summed E-state index contributed by atoms with van der Waals surface area (Å²) in [5.74, 6) is 3.25. The first-order valence-corrected chi connectivity index (χ1v) is 11.0. The van der Waals surface area contributed by atoms with Gasteiger partial charge in [0, 0.05) is 11.1 Å². The van der Waals surface area contributed by atoms with E-state index in [-0.39, 0.29) is 0 Å². The number of allylic oxidation sites excluding steroid dienone is 1. The number of piperidine rings is 1. The van der Waals surface area contributed by atoms with Crippen LogP contribution in [0.2, 0.25) is 5.02 Å². The van der Waals surface area contributed by atoms with E-state index in [0.717, 1.165) is 28.6 Å². The maximum atomic E-state index is 6.21. The molecule has 0 radical (unpaired) electrons. The number of halogens is 1. The maximum Gasteiger partial charge on any atom is 0.122 e. The third kappa shape index (κ3) is 3.38. The highest BCUT2D eigenvalue weighted by molar-refractivity contribution is 6.30. The first-order valence-electron chi connectivity index (χ1n) is 10.6. The van der Waals surface area contributed by atoms with Gasteiger partial charge in [0.1, 0.15) is 5.75 Å². The first kappa shape index (κ1) is 18.3. The van der Waals surface area contributed by atoms with E-state index in [0.29, 0.717) is 5.92 Å². The van der Waals surface area contributed by atoms with Gasteiger partial charge in [0.2, 0.25) is 0 Å². The van der Waals surface area contributed by atoms with Crippen LogP contribution < -0.4 is 4.74 Å². The van der Waals surface area contributed by atoms with Crippen LogP contribution in [0.1, 0.15) is 37.2 Å². The molecule has 0 aromatic heterocycles. The van der Waals surface area contributed by atoms with E-state index in [1.807, 2.05) is 18.2 Å². The molecule has 5 rings (SSSR count). The van der Waals surface area contributed by atoms with Crippen LogP contribution in [0, 0.1) is 11.8 Å². The molecule has 2 nitrogen and oxygen atoms in total. The van der Waals surface area contributed by atoms with Crippen LogP contribution in [0.3, 0.4) is 0 Å². The third-order valence-electron chi connectivity index (χ3n) is 7.07. The van der Waals surface area contributed by atoms with Crippen LogP contribution in [-0.2, 0) is 0 Å². The van der Waals surface area contributed by atoms with Crippen LogP contribution in [0.25, 0.3) is 11.1 Å². The number of hydrogen-bond acceptors (Lipinski definition) is 2. The Morgan fingerprint density at radius 2 is 1.79 bits per heavy atom. The summed E-state index contributed by atoms with van der Waals surface area (Å²) in [6.07, 6.45) is 10.1. The van der Waals surface area contributed by atoms with Crippen molar-refractivity contribution in [2.45, 2.75) is 37.6 Å². The monoisotopic (exact) mass is 393 g/mol. The summed E-state index contributed by atoms with van der Waals surface area (Å²) in [5, 5.41) is 0.781. The number of benzene rings is 2. The lowest BCUT2D eigenvalue weighted by molar-refractivity contribution is 0.133. The van der Waals surface area contributed by atoms with Gasteiger partial charge in [-0.2, -0.15) is 0 Å². The molecule has 1 aliphatic heterocycles. The summed E-state index contributed by atoms with van der Waals surface area (Å²) >= 11 is 6.21. The van der Waals surface area contributed by atoms with E-state index in [2.05, 4.69) is 41.3 Å². The number of hydrogen-bond donors (Lipinski definition) is 0. The molecule has 28 heavy (non-hydrogen) atoms. The number of ether oxygens (including phenoxy) is 1. The molecular weight excluding hydrogens is 366 g/mol. The van der Waals surface area contributed by atoms with Gasteiger partial charge in [-0.1, -0.05) is 42.0 Å². The molecule has 1 saturated heterocycles. The lowest BCUT2D eigenvalue weighted by Crippen LogP contribution is -2.43. The second kappa shape index (κ2) is 7.57. The van der Waals surface area contributed by atoms with Crippen LogP contribution in [0.5, 0.6) is 5.75 Å². The Morgan fingerprint density at radius 1 is 0.964 bits per heavy atom. The molecule has 0 spiro atoms. The molecule has 2 bridgehead atoms. The summed E-state index contributed by atoms with van der Waals surface area (Å²) in [7, 11) is 1.79. The lowest BCUT2D eigenvalue weighted by Gasteiger charge is -2.39. The van der Waals surface area contributed by atoms with Crippen molar-refractivity contribution < 1.29 is 4.74 Å². The largest absolute Gasteiger partial charge is 0.496 e. The van der Waals surface area contributed by atoms with Crippen LogP contribution in [-0.4, -0.2) is 31.1 Å². The first-order chi connectivity index (χ1) is 13.7. The molecule has 146 valence electrons. The minimum Gasteiger partial charge on any atom is -0.496 e. The number of rotatable bonds is 4. The molecule has 0 N–H and O–H groups in total. The summed E-state index contributed by atoms with van der Waals surface area (Å²) < 4.78 is 5.73. The fraction of sp³-hybridized carbons (Fsp3) is 0.440. The van der Waals surface area contributed by atoms with Crippen LogP contribution >= 0.6 is 11.6 Å². The van der Waals surface area contributed by atoms with Crippen molar-refractivity contribution in [3.63, 3.8) is 0 Å². The second-order valence-corrected chi connectivity index (χ2v) is 9.06. The number of fused-ring (bicyclic) bond motifs is 2. The van der Waals surface area contributed by atoms with Crippen molar-refractivity contribution in [3.8, 4) is 16.9 Å². The highest BCUT2D eigenvalue weighted by atomic mass is 35.5. The van der Waals surface area contributed by atoms with Crippen molar-refractivity contribution in [1.82, 2.24) is 4.90 Å². The second-order valence-electron chi connectivity index (χ2n) is 8.62. The predicted molar refractivity (Wildman–Crippen MR) is 116 cm³/mol. The zero-order valence-electron chi connectivity index (χ0n) is 16.5. The molecule has 1 saturated carbocycles. The zero-order chi connectivity index (χ0) is 19.1. The molecule has 0 unspecified atom stereocenters. The van der Waals surface area contributed by atoms with Crippen LogP contribution in [0.15, 0.2) is 54.6 Å². The molecule has 1 heterocycles. The standard InChI is InChI=1S/C25H28ClNO/c1-28-25-8-7-20(19-3-2-4-22(26)15-19)16-23(25)18-9-11-27(12-10-18)24-14-17-5-6-21(24)13-17/h2-8,15-18,21,24H,9-14H2,1H3/t17-,21-,24+/m0/s1. The average Bonchev–Trinajstić information content (AvgIpc) is 3.37. The summed E-state index contributed by atoms with van der Waals surface area (Å²) in [6, 6.07) is 15.5. The SMILES string of the molecule is COc1ccc(-c2cccc(Cl)c2)cc1C1CCN([C@@H]2C[C@H]3C=C[C@H]2C3)CC1. The number of nitrogens with zero attached hydrogens (tertiary/aromatic N) is 1. The Bertz CT molecular complexity index is 884. The van der Waals surface area contributed by atoms with E-state index in [4.69, 9.17) is 16.3 Å². The van der Waals surface area contributed by atoms with E-state index < -0.39 is 0 Å². The molecule has 0 amide bonds. The van der Waals surface area contributed by atoms with E-state index >= 15 is 0 Å². The molecule has 3 atom stereocenters. The highest BCUT2D eigenvalue weighted by Crippen LogP contribution is 2.44. The number of likely N-dealkylation sites (tertiary alicyclic amines) is 1. The third-order valence-corrected chi connectivity index (χ3v) is 7.30. The fourth-order valence-electron chi connectivity index (χ4n) is 5.61. The van der Waals surface area contributed by atoms with E-state index in [9.17, 15) is 0 Å². The number of methoxy groups -OCH3 is 1. The molecule has 2 aromatic carbocycles. The summed E-state index contributed by atoms with van der Waals surface area (Å²) in [5.41, 5.74) is 3.74. The van der Waals surface area contributed by atoms with E-state index in [1.54, 1.807) is 7.11 Å². The normalized spacial score (nSPS) is 27.4. The minimum atomic E-state index is 0.569. The summed E-state index contributed by atoms with van der Waals surface area (Å²) in [6.45, 7) is 2.41. The predicted octanol–water partition coefficient (Wildman–Crippen LogP) is 6.16. The van der Waals surface area contributed by atoms with Crippen molar-refractivity contribution in [2.75, 3.05) is 20.2 Å². The Labute approximate surface area is 173 Å². The van der Waals surface area contributed by atoms with Gasteiger partial charge < -0.3 is 4.74 Å². The molecular formula is C25H28ClNO. The van der Waals surface area contributed by atoms with Crippen LogP contribution in [0.4, 0.5) is 0 Å². The molecule has 2 aromatic rings. The smallest absolute Gasteiger partial charge is 0.122 e. The Balaban J connectivity index is 1.34. The average molecular weight is 394 g/mol. The fourth-order valence-corrected chi connectivity index (χ4v) is 5.80. The van der Waals surface area contributed by atoms with Gasteiger partial charge in [0.05, 0.1) is 7.11 Å². The summed E-state index contributed by atoms with van der Waals surface area (Å²) in [4.78, 5) is 2.76. The topological polar surface area (TPSA) is 12.5 Å². The molecule has 3 aliphatic rings. The van der Waals surface area contributed by atoms with Gasteiger partial charge in [-0.15, -0.1) is 0 Å². The minimum absolute atomic E-state index is 0.569. The van der Waals surface area contributed by atoms with Crippen molar-refractivity contribution in [1.29, 1.82) is 0 Å². The van der Waals surface area contributed by atoms with Gasteiger partial charge in [-0.3, -0.25) is 4.90 Å². The van der Waals surface area contributed by atoms with Gasteiger partial charge in [-0.25, -0.2) is 0 Å². The van der Waals surface area contributed by atoms with Crippen molar-refractivity contribution in [2.24, 2.45) is 11.8 Å². The highest BCUT2D eigenvalue weighted by Gasteiger charge is 2.40. The Kier molecular flexibility index (Phi) is 4.94. The maximum absolute atomic E-state index is 6.21. The molecule has 2 fully saturated rings. The molecule has 3 heteroatoms. The Morgan fingerprint density at radius 3 is 2.46 bits per heavy atom. The van der Waals surface area contributed by atoms with Crippen molar-refractivity contribution in [3.05, 3.63) is 65.2 Å². The lowest BCUT2D eigenvalue weighted by atomic mass is 9.85. The van der Waals surface area contributed by atoms with Gasteiger partial charge in [0.25, 0.3) is 0 Å². The van der Waals surface area contributed by atoms with Crippen molar-refractivity contribution >= 4 is 11.6 Å². The van der Waals surface area contributed by atoms with Gasteiger partial charge in [-0.05, 0) is 97.5 Å². The van der Waals surface area contributed by atoms with E-state index in [1.165, 1.54) is 55.5 Å². The molecule has 2 aliphatic carbocycles. The van der Waals surface area contributed by atoms with Gasteiger partial charge >= 0.3 is 0 Å².